The van der Waals surface area contributed by atoms with E-state index >= 15 is 0 Å². The Bertz CT molecular complexity index is 999. The van der Waals surface area contributed by atoms with Crippen LogP contribution in [-0.4, -0.2) is 28.7 Å². The van der Waals surface area contributed by atoms with Gasteiger partial charge in [-0.1, -0.05) is 25.5 Å². The van der Waals surface area contributed by atoms with Gasteiger partial charge in [-0.25, -0.2) is 4.39 Å². The van der Waals surface area contributed by atoms with Crippen molar-refractivity contribution in [3.05, 3.63) is 79.5 Å². The van der Waals surface area contributed by atoms with Gasteiger partial charge in [0.1, 0.15) is 12.4 Å². The van der Waals surface area contributed by atoms with Crippen LogP contribution in [-0.2, 0) is 17.7 Å². The molecule has 0 bridgehead atoms. The molecule has 0 spiro atoms. The number of aromatic nitrogens is 1. The molecular weight excluding hydrogens is 413 g/mol. The average molecular weight is 444 g/mol. The number of ether oxygens (including phenoxy) is 1. The van der Waals surface area contributed by atoms with E-state index < -0.39 is 22.9 Å². The molecule has 0 amide bonds. The SMILES string of the molecule is CCCC(CCCc1cccc(F)c1)OCC(C[N+](=O)[O-])c1cc(C)cn(CC#N)c1=O. The van der Waals surface area contributed by atoms with Crippen LogP contribution in [0.1, 0.15) is 55.2 Å². The van der Waals surface area contributed by atoms with Gasteiger partial charge in [-0.15, -0.1) is 0 Å². The van der Waals surface area contributed by atoms with Crippen molar-refractivity contribution in [1.82, 2.24) is 4.57 Å². The Morgan fingerprint density at radius 3 is 2.75 bits per heavy atom. The van der Waals surface area contributed by atoms with E-state index in [1.165, 1.54) is 16.7 Å². The Morgan fingerprint density at radius 2 is 2.09 bits per heavy atom. The molecule has 0 aliphatic carbocycles. The Kier molecular flexibility index (Phi) is 10.0. The first-order valence-corrected chi connectivity index (χ1v) is 10.9. The first-order chi connectivity index (χ1) is 15.3. The highest BCUT2D eigenvalue weighted by atomic mass is 19.1. The molecule has 1 aromatic carbocycles. The summed E-state index contributed by atoms with van der Waals surface area (Å²) in [5.41, 5.74) is 1.57. The van der Waals surface area contributed by atoms with Crippen molar-refractivity contribution in [2.24, 2.45) is 0 Å². The maximum atomic E-state index is 13.4. The largest absolute Gasteiger partial charge is 0.377 e. The quantitative estimate of drug-likeness (QED) is 0.338. The van der Waals surface area contributed by atoms with Gasteiger partial charge in [0, 0.05) is 16.7 Å². The van der Waals surface area contributed by atoms with Crippen LogP contribution in [0.4, 0.5) is 4.39 Å². The number of benzene rings is 1. The molecule has 1 heterocycles. The molecule has 2 rings (SSSR count). The van der Waals surface area contributed by atoms with Crippen LogP contribution in [0, 0.1) is 34.2 Å². The molecule has 2 aromatic rings. The molecule has 0 aliphatic heterocycles. The molecule has 2 unspecified atom stereocenters. The Morgan fingerprint density at radius 1 is 1.31 bits per heavy atom. The fourth-order valence-electron chi connectivity index (χ4n) is 3.83. The molecule has 7 nitrogen and oxygen atoms in total. The van der Waals surface area contributed by atoms with Gasteiger partial charge in [-0.05, 0) is 61.9 Å². The van der Waals surface area contributed by atoms with E-state index in [0.717, 1.165) is 43.2 Å². The van der Waals surface area contributed by atoms with Crippen LogP contribution in [0.15, 0.2) is 41.3 Å². The van der Waals surface area contributed by atoms with Crippen molar-refractivity contribution in [2.45, 2.75) is 64.5 Å². The maximum absolute atomic E-state index is 13.4. The number of nitro groups is 1. The van der Waals surface area contributed by atoms with Gasteiger partial charge in [-0.3, -0.25) is 14.9 Å². The third-order valence-electron chi connectivity index (χ3n) is 5.33. The number of rotatable bonds is 13. The molecule has 0 saturated heterocycles. The highest BCUT2D eigenvalue weighted by Gasteiger charge is 2.24. The molecular formula is C24H30FN3O4. The average Bonchev–Trinajstić information content (AvgIpc) is 2.73. The first kappa shape index (κ1) is 25.2. The van der Waals surface area contributed by atoms with Crippen LogP contribution < -0.4 is 5.56 Å². The zero-order valence-electron chi connectivity index (χ0n) is 18.6. The normalized spacial score (nSPS) is 12.8. The van der Waals surface area contributed by atoms with E-state index in [1.54, 1.807) is 25.3 Å². The summed E-state index contributed by atoms with van der Waals surface area (Å²) in [6, 6.07) is 10.1. The molecule has 32 heavy (non-hydrogen) atoms. The van der Waals surface area contributed by atoms with Gasteiger partial charge in [0.25, 0.3) is 5.56 Å². The molecule has 0 saturated carbocycles. The topological polar surface area (TPSA) is 98.2 Å². The summed E-state index contributed by atoms with van der Waals surface area (Å²) < 4.78 is 20.7. The van der Waals surface area contributed by atoms with Gasteiger partial charge in [0.15, 0.2) is 0 Å². The maximum Gasteiger partial charge on any atom is 0.255 e. The zero-order chi connectivity index (χ0) is 23.5. The third kappa shape index (κ3) is 7.89. The van der Waals surface area contributed by atoms with Crippen LogP contribution >= 0.6 is 0 Å². The van der Waals surface area contributed by atoms with E-state index in [0.29, 0.717) is 5.56 Å². The van der Waals surface area contributed by atoms with Gasteiger partial charge in [0.05, 0.1) is 24.7 Å². The lowest BCUT2D eigenvalue weighted by molar-refractivity contribution is -0.484. The Labute approximate surface area is 187 Å². The number of halogens is 1. The van der Waals surface area contributed by atoms with E-state index in [-0.39, 0.29) is 25.1 Å². The van der Waals surface area contributed by atoms with Crippen molar-refractivity contribution in [3.63, 3.8) is 0 Å². The second-order valence-corrected chi connectivity index (χ2v) is 8.04. The van der Waals surface area contributed by atoms with Crippen molar-refractivity contribution in [3.8, 4) is 6.07 Å². The lowest BCUT2D eigenvalue weighted by Gasteiger charge is -2.21. The number of aryl methyl sites for hydroxylation is 2. The monoisotopic (exact) mass is 443 g/mol. The predicted octanol–water partition coefficient (Wildman–Crippen LogP) is 4.39. The fraction of sp³-hybridized carbons (Fsp3) is 0.500. The summed E-state index contributed by atoms with van der Waals surface area (Å²) in [5, 5.41) is 20.2. The van der Waals surface area contributed by atoms with Gasteiger partial charge in [0.2, 0.25) is 6.54 Å². The summed E-state index contributed by atoms with van der Waals surface area (Å²) in [5.74, 6) is -0.961. The number of nitriles is 1. The summed E-state index contributed by atoms with van der Waals surface area (Å²) in [6.45, 7) is 3.34. The Balaban J connectivity index is 2.09. The number of nitrogens with zero attached hydrogens (tertiary/aromatic N) is 3. The third-order valence-corrected chi connectivity index (χ3v) is 5.33. The summed E-state index contributed by atoms with van der Waals surface area (Å²) in [7, 11) is 0. The minimum absolute atomic E-state index is 0.0524. The number of pyridine rings is 1. The van der Waals surface area contributed by atoms with E-state index in [2.05, 4.69) is 0 Å². The summed E-state index contributed by atoms with van der Waals surface area (Å²) >= 11 is 0. The second-order valence-electron chi connectivity index (χ2n) is 8.04. The molecule has 8 heteroatoms. The molecule has 0 fully saturated rings. The minimum atomic E-state index is -0.704. The molecule has 1 aromatic heterocycles. The van der Waals surface area contributed by atoms with Crippen LogP contribution in [0.2, 0.25) is 0 Å². The molecule has 2 atom stereocenters. The standard InChI is InChI=1S/C24H30FN3O4/c1-3-6-22(10-5-8-19-7-4-9-21(25)14-19)32-17-20(16-28(30)31)23-13-18(2)15-27(12-11-26)24(23)29/h4,7,9,13-15,20,22H,3,5-6,8,10,12,16-17H2,1-2H3. The van der Waals surface area contributed by atoms with Crippen molar-refractivity contribution in [2.75, 3.05) is 13.2 Å². The molecule has 0 N–H and O–H groups in total. The molecule has 172 valence electrons. The minimum Gasteiger partial charge on any atom is -0.377 e. The van der Waals surface area contributed by atoms with Crippen molar-refractivity contribution in [1.29, 1.82) is 5.26 Å². The molecule has 0 aliphatic rings. The smallest absolute Gasteiger partial charge is 0.255 e. The predicted molar refractivity (Wildman–Crippen MR) is 120 cm³/mol. The second kappa shape index (κ2) is 12.7. The van der Waals surface area contributed by atoms with Crippen LogP contribution in [0.3, 0.4) is 0 Å². The number of hydrogen-bond acceptors (Lipinski definition) is 5. The van der Waals surface area contributed by atoms with E-state index in [9.17, 15) is 19.3 Å². The van der Waals surface area contributed by atoms with Crippen molar-refractivity contribution >= 4 is 0 Å². The van der Waals surface area contributed by atoms with Gasteiger partial charge in [-0.2, -0.15) is 5.26 Å². The number of hydrogen-bond donors (Lipinski definition) is 0. The zero-order valence-corrected chi connectivity index (χ0v) is 18.6. The fourth-order valence-corrected chi connectivity index (χ4v) is 3.83. The van der Waals surface area contributed by atoms with Gasteiger partial charge < -0.3 is 9.30 Å². The van der Waals surface area contributed by atoms with Crippen LogP contribution in [0.25, 0.3) is 0 Å². The van der Waals surface area contributed by atoms with E-state index in [1.807, 2.05) is 19.1 Å². The summed E-state index contributed by atoms with van der Waals surface area (Å²) in [6.07, 6.45) is 5.41. The first-order valence-electron chi connectivity index (χ1n) is 10.9. The highest BCUT2D eigenvalue weighted by molar-refractivity contribution is 5.22. The van der Waals surface area contributed by atoms with Gasteiger partial charge >= 0.3 is 0 Å². The lowest BCUT2D eigenvalue weighted by Crippen LogP contribution is -2.31. The Hall–Kier alpha value is -3.05. The van der Waals surface area contributed by atoms with Crippen molar-refractivity contribution < 1.29 is 14.1 Å². The highest BCUT2D eigenvalue weighted by Crippen LogP contribution is 2.19. The van der Waals surface area contributed by atoms with Crippen LogP contribution in [0.5, 0.6) is 0 Å². The van der Waals surface area contributed by atoms with E-state index in [4.69, 9.17) is 10.00 Å². The lowest BCUT2D eigenvalue weighted by atomic mass is 9.99. The molecule has 0 radical (unpaired) electrons. The summed E-state index contributed by atoms with van der Waals surface area (Å²) in [4.78, 5) is 23.6.